The van der Waals surface area contributed by atoms with E-state index in [9.17, 15) is 4.79 Å². The van der Waals surface area contributed by atoms with E-state index in [1.165, 1.54) is 0 Å². The fraction of sp³-hybridized carbons (Fsp3) is 0.176. The second-order valence-corrected chi connectivity index (χ2v) is 5.90. The van der Waals surface area contributed by atoms with Crippen LogP contribution in [0.4, 0.5) is 0 Å². The lowest BCUT2D eigenvalue weighted by Crippen LogP contribution is -2.31. The molecule has 0 aliphatic carbocycles. The molecule has 22 heavy (non-hydrogen) atoms. The number of carbonyl (C=O) groups excluding carboxylic acids is 1. The average molecular weight is 408 g/mol. The van der Waals surface area contributed by atoms with Crippen LogP contribution in [0.5, 0.6) is 5.88 Å². The lowest BCUT2D eigenvalue weighted by molar-refractivity contribution is 0.0946. The smallest absolute Gasteiger partial charge is 0.252 e. The molecule has 0 saturated heterocycles. The van der Waals surface area contributed by atoms with Crippen LogP contribution >= 0.6 is 22.6 Å². The van der Waals surface area contributed by atoms with Gasteiger partial charge in [0.15, 0.2) is 0 Å². The van der Waals surface area contributed by atoms with Crippen molar-refractivity contribution in [2.45, 2.75) is 13.0 Å². The van der Waals surface area contributed by atoms with Crippen molar-refractivity contribution in [1.82, 2.24) is 10.3 Å². The van der Waals surface area contributed by atoms with Crippen molar-refractivity contribution in [1.29, 1.82) is 0 Å². The van der Waals surface area contributed by atoms with Crippen LogP contribution in [-0.4, -0.2) is 24.0 Å². The molecule has 1 amide bonds. The van der Waals surface area contributed by atoms with Crippen LogP contribution in [0.25, 0.3) is 6.08 Å². The van der Waals surface area contributed by atoms with E-state index in [0.717, 1.165) is 9.13 Å². The van der Waals surface area contributed by atoms with Gasteiger partial charge in [-0.25, -0.2) is 4.98 Å². The molecule has 1 N–H and O–H groups in total. The van der Waals surface area contributed by atoms with Gasteiger partial charge in [0, 0.05) is 21.9 Å². The third-order valence-electron chi connectivity index (χ3n) is 3.02. The summed E-state index contributed by atoms with van der Waals surface area (Å²) >= 11 is 2.16. The average Bonchev–Trinajstić information content (AvgIpc) is 2.53. The van der Waals surface area contributed by atoms with Gasteiger partial charge in [-0.2, -0.15) is 0 Å². The van der Waals surface area contributed by atoms with Gasteiger partial charge in [-0.3, -0.25) is 4.79 Å². The first-order chi connectivity index (χ1) is 10.6. The molecule has 0 aliphatic heterocycles. The normalized spacial score (nSPS) is 12.1. The predicted molar refractivity (Wildman–Crippen MR) is 95.9 cm³/mol. The number of benzene rings is 1. The Kier molecular flexibility index (Phi) is 5.94. The highest BCUT2D eigenvalue weighted by Crippen LogP contribution is 2.12. The van der Waals surface area contributed by atoms with Gasteiger partial charge in [-0.15, -0.1) is 0 Å². The molecule has 0 saturated carbocycles. The lowest BCUT2D eigenvalue weighted by atomic mass is 10.2. The second kappa shape index (κ2) is 7.93. The predicted octanol–water partition coefficient (Wildman–Crippen LogP) is 3.53. The maximum absolute atomic E-state index is 12.2. The maximum Gasteiger partial charge on any atom is 0.252 e. The molecule has 1 heterocycles. The van der Waals surface area contributed by atoms with E-state index in [1.54, 1.807) is 19.4 Å². The van der Waals surface area contributed by atoms with Gasteiger partial charge in [-0.05, 0) is 53.3 Å². The van der Waals surface area contributed by atoms with Crippen LogP contribution in [0.2, 0.25) is 0 Å². The van der Waals surface area contributed by atoms with E-state index in [-0.39, 0.29) is 11.9 Å². The Hall–Kier alpha value is -1.89. The fourth-order valence-corrected chi connectivity index (χ4v) is 2.48. The zero-order valence-corrected chi connectivity index (χ0v) is 14.6. The van der Waals surface area contributed by atoms with Crippen LogP contribution in [0.1, 0.15) is 22.8 Å². The fourth-order valence-electron chi connectivity index (χ4n) is 1.84. The Morgan fingerprint density at radius 3 is 2.73 bits per heavy atom. The van der Waals surface area contributed by atoms with E-state index < -0.39 is 0 Å². The number of hydrogen-bond acceptors (Lipinski definition) is 3. The molecule has 1 aromatic heterocycles. The number of pyridine rings is 1. The van der Waals surface area contributed by atoms with Crippen molar-refractivity contribution >= 4 is 34.6 Å². The number of carbonyl (C=O) groups is 1. The van der Waals surface area contributed by atoms with E-state index >= 15 is 0 Å². The Balaban J connectivity index is 1.97. The lowest BCUT2D eigenvalue weighted by Gasteiger charge is -2.10. The third kappa shape index (κ3) is 4.56. The number of amides is 1. The first kappa shape index (κ1) is 16.5. The van der Waals surface area contributed by atoms with Crippen molar-refractivity contribution in [2.24, 2.45) is 0 Å². The van der Waals surface area contributed by atoms with Crippen LogP contribution in [0.15, 0.2) is 48.7 Å². The minimum atomic E-state index is -0.0781. The quantitative estimate of drug-likeness (QED) is 0.771. The molecular formula is C17H17IN2O2. The summed E-state index contributed by atoms with van der Waals surface area (Å²) in [5.41, 5.74) is 1.64. The molecule has 2 aromatic rings. The molecule has 0 bridgehead atoms. The maximum atomic E-state index is 12.2. The first-order valence-corrected chi connectivity index (χ1v) is 7.91. The number of rotatable bonds is 5. The first-order valence-electron chi connectivity index (χ1n) is 6.84. The van der Waals surface area contributed by atoms with Crippen LogP contribution in [0, 0.1) is 3.57 Å². The standard InChI is InChI=1S/C17H17IN2O2/c1-12(7-8-13-9-10-16(22-2)19-11-13)20-17(21)14-5-3-4-6-15(14)18/h3-12H,1-2H3,(H,20,21). The molecule has 0 radical (unpaired) electrons. The Labute approximate surface area is 143 Å². The summed E-state index contributed by atoms with van der Waals surface area (Å²) in [5, 5.41) is 2.95. The Morgan fingerprint density at radius 1 is 1.32 bits per heavy atom. The summed E-state index contributed by atoms with van der Waals surface area (Å²) in [5.74, 6) is 0.507. The van der Waals surface area contributed by atoms with Crippen LogP contribution < -0.4 is 10.1 Å². The number of aromatic nitrogens is 1. The van der Waals surface area contributed by atoms with E-state index in [4.69, 9.17) is 4.74 Å². The summed E-state index contributed by atoms with van der Waals surface area (Å²) in [7, 11) is 1.58. The topological polar surface area (TPSA) is 51.2 Å². The molecule has 0 spiro atoms. The van der Waals surface area contributed by atoms with Crippen molar-refractivity contribution in [3.05, 3.63) is 63.4 Å². The summed E-state index contributed by atoms with van der Waals surface area (Å²) in [6, 6.07) is 11.1. The van der Waals surface area contributed by atoms with Gasteiger partial charge in [-0.1, -0.05) is 24.3 Å². The number of hydrogen-bond donors (Lipinski definition) is 1. The largest absolute Gasteiger partial charge is 0.481 e. The van der Waals surface area contributed by atoms with Crippen molar-refractivity contribution < 1.29 is 9.53 Å². The highest BCUT2D eigenvalue weighted by Gasteiger charge is 2.10. The van der Waals surface area contributed by atoms with Crippen molar-refractivity contribution in [3.63, 3.8) is 0 Å². The van der Waals surface area contributed by atoms with Crippen molar-refractivity contribution in [3.8, 4) is 5.88 Å². The number of halogens is 1. The van der Waals surface area contributed by atoms with Gasteiger partial charge in [0.2, 0.25) is 5.88 Å². The SMILES string of the molecule is COc1ccc(C=CC(C)NC(=O)c2ccccc2I)cn1. The molecule has 114 valence electrons. The highest BCUT2D eigenvalue weighted by atomic mass is 127. The summed E-state index contributed by atoms with van der Waals surface area (Å²) in [6.07, 6.45) is 5.58. The van der Waals surface area contributed by atoms with Gasteiger partial charge >= 0.3 is 0 Å². The van der Waals surface area contributed by atoms with Gasteiger partial charge in [0.25, 0.3) is 5.91 Å². The molecule has 5 heteroatoms. The van der Waals surface area contributed by atoms with E-state index in [2.05, 4.69) is 32.9 Å². The minimum Gasteiger partial charge on any atom is -0.481 e. The Bertz CT molecular complexity index is 669. The minimum absolute atomic E-state index is 0.0741. The van der Waals surface area contributed by atoms with E-state index in [1.807, 2.05) is 49.4 Å². The molecule has 1 unspecified atom stereocenters. The molecule has 1 aromatic carbocycles. The molecule has 0 fully saturated rings. The second-order valence-electron chi connectivity index (χ2n) is 4.73. The molecule has 1 atom stereocenters. The summed E-state index contributed by atoms with van der Waals surface area (Å²) in [4.78, 5) is 16.3. The van der Waals surface area contributed by atoms with Gasteiger partial charge in [0.1, 0.15) is 0 Å². The summed E-state index contributed by atoms with van der Waals surface area (Å²) < 4.78 is 5.95. The number of methoxy groups -OCH3 is 1. The van der Waals surface area contributed by atoms with Crippen molar-refractivity contribution in [2.75, 3.05) is 7.11 Å². The highest BCUT2D eigenvalue weighted by molar-refractivity contribution is 14.1. The van der Waals surface area contributed by atoms with E-state index in [0.29, 0.717) is 11.4 Å². The Morgan fingerprint density at radius 2 is 2.09 bits per heavy atom. The van der Waals surface area contributed by atoms with Crippen LogP contribution in [0.3, 0.4) is 0 Å². The summed E-state index contributed by atoms with van der Waals surface area (Å²) in [6.45, 7) is 1.93. The number of nitrogens with one attached hydrogen (secondary N) is 1. The zero-order valence-electron chi connectivity index (χ0n) is 12.4. The third-order valence-corrected chi connectivity index (χ3v) is 3.96. The zero-order chi connectivity index (χ0) is 15.9. The molecule has 2 rings (SSSR count). The molecule has 4 nitrogen and oxygen atoms in total. The number of ether oxygens (including phenoxy) is 1. The molecular weight excluding hydrogens is 391 g/mol. The monoisotopic (exact) mass is 408 g/mol. The molecule has 0 aliphatic rings. The number of nitrogens with zero attached hydrogens (tertiary/aromatic N) is 1. The van der Waals surface area contributed by atoms with Gasteiger partial charge < -0.3 is 10.1 Å². The van der Waals surface area contributed by atoms with Crippen LogP contribution in [-0.2, 0) is 0 Å². The van der Waals surface area contributed by atoms with Gasteiger partial charge in [0.05, 0.1) is 12.7 Å².